The number of hydrogen-bond donors (Lipinski definition) is 1. The van der Waals surface area contributed by atoms with Crippen LogP contribution < -0.4 is 5.32 Å². The van der Waals surface area contributed by atoms with Gasteiger partial charge in [-0.15, -0.1) is 0 Å². The number of rotatable bonds is 3. The highest BCUT2D eigenvalue weighted by molar-refractivity contribution is 6.34. The molecule has 0 atom stereocenters. The van der Waals surface area contributed by atoms with E-state index in [2.05, 4.69) is 5.32 Å². The monoisotopic (exact) mass is 305 g/mol. The van der Waals surface area contributed by atoms with Crippen LogP contribution in [0.2, 0.25) is 10.0 Å². The lowest BCUT2D eigenvalue weighted by Crippen LogP contribution is -2.03. The van der Waals surface area contributed by atoms with Gasteiger partial charge in [0.05, 0.1) is 5.69 Å². The van der Waals surface area contributed by atoms with Crippen molar-refractivity contribution in [1.29, 1.82) is 0 Å². The van der Waals surface area contributed by atoms with Gasteiger partial charge in [0.25, 0.3) is 0 Å². The zero-order chi connectivity index (χ0) is 14.0. The summed E-state index contributed by atoms with van der Waals surface area (Å²) in [4.78, 5) is 0. The summed E-state index contributed by atoms with van der Waals surface area (Å²) in [7, 11) is 0. The van der Waals surface area contributed by atoms with E-state index in [0.29, 0.717) is 21.7 Å². The van der Waals surface area contributed by atoms with Crippen molar-refractivity contribution in [1.82, 2.24) is 0 Å². The average Bonchev–Trinajstić information content (AvgIpc) is 2.30. The van der Waals surface area contributed by atoms with E-state index in [4.69, 9.17) is 23.2 Å². The molecular weight excluding hydrogens is 298 g/mol. The van der Waals surface area contributed by atoms with Crippen molar-refractivity contribution in [2.75, 3.05) is 5.32 Å². The van der Waals surface area contributed by atoms with Gasteiger partial charge in [0.15, 0.2) is 11.6 Å². The molecule has 0 aromatic heterocycles. The molecule has 6 heteroatoms. The third kappa shape index (κ3) is 3.55. The Kier molecular flexibility index (Phi) is 4.22. The Labute approximate surface area is 118 Å². The maximum Gasteiger partial charge on any atom is 0.182 e. The fraction of sp³-hybridized carbons (Fsp3) is 0.0769. The van der Waals surface area contributed by atoms with Gasteiger partial charge in [0.1, 0.15) is 5.82 Å². The molecule has 0 spiro atoms. The molecule has 0 saturated heterocycles. The van der Waals surface area contributed by atoms with Crippen LogP contribution in [-0.2, 0) is 6.54 Å². The van der Waals surface area contributed by atoms with Crippen LogP contribution in [0, 0.1) is 17.5 Å². The maximum absolute atomic E-state index is 13.4. The molecule has 0 aliphatic carbocycles. The largest absolute Gasteiger partial charge is 0.378 e. The summed E-state index contributed by atoms with van der Waals surface area (Å²) in [5.74, 6) is -3.23. The van der Waals surface area contributed by atoms with Gasteiger partial charge in [-0.3, -0.25) is 0 Å². The molecule has 0 radical (unpaired) electrons. The van der Waals surface area contributed by atoms with Crippen molar-refractivity contribution in [3.63, 3.8) is 0 Å². The molecule has 19 heavy (non-hydrogen) atoms. The van der Waals surface area contributed by atoms with Crippen LogP contribution >= 0.6 is 23.2 Å². The molecule has 1 nitrogen and oxygen atoms in total. The van der Waals surface area contributed by atoms with Crippen LogP contribution in [0.25, 0.3) is 0 Å². The first-order valence-electron chi connectivity index (χ1n) is 5.29. The predicted molar refractivity (Wildman–Crippen MR) is 70.1 cm³/mol. The third-order valence-corrected chi connectivity index (χ3v) is 2.83. The lowest BCUT2D eigenvalue weighted by atomic mass is 10.2. The highest BCUT2D eigenvalue weighted by Gasteiger charge is 2.10. The Balaban J connectivity index is 2.19. The lowest BCUT2D eigenvalue weighted by Gasteiger charge is -2.09. The molecule has 0 unspecified atom stereocenters. The van der Waals surface area contributed by atoms with E-state index >= 15 is 0 Å². The third-order valence-electron chi connectivity index (χ3n) is 2.40. The molecule has 0 bridgehead atoms. The van der Waals surface area contributed by atoms with Crippen LogP contribution in [0.15, 0.2) is 30.3 Å². The summed E-state index contributed by atoms with van der Waals surface area (Å²) in [5, 5.41) is 3.45. The Morgan fingerprint density at radius 1 is 0.895 bits per heavy atom. The van der Waals surface area contributed by atoms with Crippen molar-refractivity contribution in [2.24, 2.45) is 0 Å². The molecule has 0 fully saturated rings. The van der Waals surface area contributed by atoms with E-state index in [1.165, 1.54) is 0 Å². The molecular formula is C13H8Cl2F3N. The molecule has 0 saturated carbocycles. The number of benzene rings is 2. The first kappa shape index (κ1) is 14.0. The average molecular weight is 306 g/mol. The minimum absolute atomic E-state index is 0.139. The first-order valence-corrected chi connectivity index (χ1v) is 6.04. The normalized spacial score (nSPS) is 10.6. The van der Waals surface area contributed by atoms with Crippen LogP contribution in [-0.4, -0.2) is 0 Å². The second-order valence-corrected chi connectivity index (χ2v) is 4.75. The Morgan fingerprint density at radius 3 is 2.16 bits per heavy atom. The zero-order valence-electron chi connectivity index (χ0n) is 9.48. The van der Waals surface area contributed by atoms with Gasteiger partial charge in [-0.1, -0.05) is 23.2 Å². The van der Waals surface area contributed by atoms with Crippen LogP contribution in [0.4, 0.5) is 18.9 Å². The van der Waals surface area contributed by atoms with Gasteiger partial charge in [-0.05, 0) is 23.8 Å². The van der Waals surface area contributed by atoms with Crippen molar-refractivity contribution in [3.05, 3.63) is 63.4 Å². The fourth-order valence-corrected chi connectivity index (χ4v) is 2.17. The van der Waals surface area contributed by atoms with E-state index in [9.17, 15) is 13.2 Å². The second kappa shape index (κ2) is 5.72. The lowest BCUT2D eigenvalue weighted by molar-refractivity contribution is 0.497. The number of halogens is 5. The van der Waals surface area contributed by atoms with E-state index < -0.39 is 17.5 Å². The molecule has 2 aromatic carbocycles. The molecule has 100 valence electrons. The molecule has 0 heterocycles. The number of nitrogens with one attached hydrogen (secondary N) is 1. The molecule has 2 aromatic rings. The zero-order valence-corrected chi connectivity index (χ0v) is 11.0. The predicted octanol–water partition coefficient (Wildman–Crippen LogP) is 5.02. The fourth-order valence-electron chi connectivity index (χ4n) is 1.59. The van der Waals surface area contributed by atoms with E-state index in [1.54, 1.807) is 18.2 Å². The summed E-state index contributed by atoms with van der Waals surface area (Å²) in [6.07, 6.45) is 0. The van der Waals surface area contributed by atoms with Crippen molar-refractivity contribution < 1.29 is 13.2 Å². The molecule has 2 rings (SSSR count). The smallest absolute Gasteiger partial charge is 0.182 e. The SMILES string of the molecule is Fc1cc(F)c(F)c(NCc2cc(Cl)cc(Cl)c2)c1. The minimum atomic E-state index is -1.24. The molecule has 0 aliphatic heterocycles. The highest BCUT2D eigenvalue weighted by Crippen LogP contribution is 2.22. The van der Waals surface area contributed by atoms with Gasteiger partial charge in [-0.2, -0.15) is 0 Å². The van der Waals surface area contributed by atoms with Crippen LogP contribution in [0.1, 0.15) is 5.56 Å². The Hall–Kier alpha value is -1.39. The van der Waals surface area contributed by atoms with Crippen molar-refractivity contribution >= 4 is 28.9 Å². The Morgan fingerprint density at radius 2 is 1.53 bits per heavy atom. The van der Waals surface area contributed by atoms with E-state index in [-0.39, 0.29) is 12.2 Å². The first-order chi connectivity index (χ1) is 8.95. The number of anilines is 1. The quantitative estimate of drug-likeness (QED) is 0.785. The number of hydrogen-bond acceptors (Lipinski definition) is 1. The van der Waals surface area contributed by atoms with Crippen LogP contribution in [0.3, 0.4) is 0 Å². The van der Waals surface area contributed by atoms with Gasteiger partial charge in [0, 0.05) is 28.7 Å². The Bertz CT molecular complexity index is 597. The highest BCUT2D eigenvalue weighted by atomic mass is 35.5. The summed E-state index contributed by atoms with van der Waals surface area (Å²) >= 11 is 11.6. The summed E-state index contributed by atoms with van der Waals surface area (Å²) in [6, 6.07) is 6.15. The summed E-state index contributed by atoms with van der Waals surface area (Å²) < 4.78 is 39.4. The molecule has 1 N–H and O–H groups in total. The summed E-state index contributed by atoms with van der Waals surface area (Å²) in [5.41, 5.74) is 0.412. The standard InChI is InChI=1S/C13H8Cl2F3N/c14-8-1-7(2-9(15)3-8)6-19-12-5-10(16)4-11(17)13(12)18/h1-5,19H,6H2. The molecule has 0 aliphatic rings. The minimum Gasteiger partial charge on any atom is -0.378 e. The van der Waals surface area contributed by atoms with Gasteiger partial charge < -0.3 is 5.32 Å². The van der Waals surface area contributed by atoms with Gasteiger partial charge in [0.2, 0.25) is 0 Å². The second-order valence-electron chi connectivity index (χ2n) is 3.88. The van der Waals surface area contributed by atoms with E-state index in [0.717, 1.165) is 6.07 Å². The van der Waals surface area contributed by atoms with Crippen molar-refractivity contribution in [2.45, 2.75) is 6.54 Å². The topological polar surface area (TPSA) is 12.0 Å². The van der Waals surface area contributed by atoms with Crippen LogP contribution in [0.5, 0.6) is 0 Å². The van der Waals surface area contributed by atoms with E-state index in [1.807, 2.05) is 0 Å². The maximum atomic E-state index is 13.4. The van der Waals surface area contributed by atoms with Gasteiger partial charge in [-0.25, -0.2) is 13.2 Å². The van der Waals surface area contributed by atoms with Crippen molar-refractivity contribution in [3.8, 4) is 0 Å². The molecule has 0 amide bonds. The summed E-state index contributed by atoms with van der Waals surface area (Å²) in [6.45, 7) is 0.139. The van der Waals surface area contributed by atoms with Gasteiger partial charge >= 0.3 is 0 Å².